The van der Waals surface area contributed by atoms with Crippen molar-refractivity contribution in [1.82, 2.24) is 8.87 Å². The molecule has 0 spiro atoms. The number of ether oxygens (including phenoxy) is 1. The van der Waals surface area contributed by atoms with Crippen LogP contribution in [0.15, 0.2) is 47.4 Å². The van der Waals surface area contributed by atoms with Gasteiger partial charge in [0.1, 0.15) is 16.5 Å². The second-order valence-electron chi connectivity index (χ2n) is 7.37. The number of likely N-dealkylation sites (N-methyl/N-ethyl adjacent to an activating group) is 1. The first-order valence-electron chi connectivity index (χ1n) is 9.21. The molecule has 1 atom stereocenters. The zero-order chi connectivity index (χ0) is 20.1. The number of halogens is 1. The maximum Gasteiger partial charge on any atom is 0.271 e. The van der Waals surface area contributed by atoms with E-state index < -0.39 is 15.8 Å². The van der Waals surface area contributed by atoms with Gasteiger partial charge >= 0.3 is 0 Å². The molecule has 1 aliphatic rings. The van der Waals surface area contributed by atoms with Gasteiger partial charge in [-0.2, -0.15) is 0 Å². The summed E-state index contributed by atoms with van der Waals surface area (Å²) in [7, 11) is 1.59. The SMILES string of the molecule is COc1ccc2c(c1)c1c(n2S(=O)(=O)c2ccccc2F)CCC(N(C)C)C1. The van der Waals surface area contributed by atoms with Gasteiger partial charge in [0, 0.05) is 17.1 Å². The number of rotatable bonds is 4. The first-order chi connectivity index (χ1) is 13.3. The van der Waals surface area contributed by atoms with E-state index in [1.54, 1.807) is 25.3 Å². The Balaban J connectivity index is 2.01. The minimum Gasteiger partial charge on any atom is -0.497 e. The molecule has 0 bridgehead atoms. The van der Waals surface area contributed by atoms with E-state index in [0.29, 0.717) is 23.7 Å². The van der Waals surface area contributed by atoms with Gasteiger partial charge in [0.2, 0.25) is 0 Å². The number of methoxy groups -OCH3 is 1. The molecule has 0 radical (unpaired) electrons. The summed E-state index contributed by atoms with van der Waals surface area (Å²) < 4.78 is 48.0. The van der Waals surface area contributed by atoms with Crippen LogP contribution in [-0.2, 0) is 22.9 Å². The maximum atomic E-state index is 14.4. The number of aromatic nitrogens is 1. The number of benzene rings is 2. The quantitative estimate of drug-likeness (QED) is 0.671. The zero-order valence-electron chi connectivity index (χ0n) is 16.1. The fourth-order valence-corrected chi connectivity index (χ4v) is 5.74. The largest absolute Gasteiger partial charge is 0.497 e. The summed E-state index contributed by atoms with van der Waals surface area (Å²) in [6.45, 7) is 0. The van der Waals surface area contributed by atoms with Crippen LogP contribution in [0, 0.1) is 5.82 Å². The Morgan fingerprint density at radius 1 is 1.18 bits per heavy atom. The third-order valence-corrected chi connectivity index (χ3v) is 7.37. The van der Waals surface area contributed by atoms with Crippen LogP contribution in [0.25, 0.3) is 10.9 Å². The predicted molar refractivity (Wildman–Crippen MR) is 107 cm³/mol. The van der Waals surface area contributed by atoms with Crippen LogP contribution < -0.4 is 4.74 Å². The van der Waals surface area contributed by atoms with E-state index in [0.717, 1.165) is 29.5 Å². The molecule has 0 fully saturated rings. The molecule has 5 nitrogen and oxygen atoms in total. The van der Waals surface area contributed by atoms with E-state index in [1.807, 2.05) is 20.2 Å². The number of nitrogens with zero attached hydrogens (tertiary/aromatic N) is 2. The summed E-state index contributed by atoms with van der Waals surface area (Å²) >= 11 is 0. The third kappa shape index (κ3) is 2.89. The van der Waals surface area contributed by atoms with Crippen molar-refractivity contribution in [2.45, 2.75) is 30.2 Å². The molecule has 4 rings (SSSR count). The lowest BCUT2D eigenvalue weighted by atomic mass is 9.91. The molecule has 7 heteroatoms. The van der Waals surface area contributed by atoms with E-state index in [2.05, 4.69) is 4.90 Å². The minimum atomic E-state index is -4.06. The second-order valence-corrected chi connectivity index (χ2v) is 9.12. The second kappa shape index (κ2) is 6.90. The lowest BCUT2D eigenvalue weighted by Gasteiger charge is -2.29. The Morgan fingerprint density at radius 3 is 2.61 bits per heavy atom. The van der Waals surface area contributed by atoms with Crippen LogP contribution in [0.1, 0.15) is 17.7 Å². The normalized spacial score (nSPS) is 17.1. The van der Waals surface area contributed by atoms with E-state index >= 15 is 0 Å². The fraction of sp³-hybridized carbons (Fsp3) is 0.333. The molecular formula is C21H23FN2O3S. The highest BCUT2D eigenvalue weighted by molar-refractivity contribution is 7.90. The van der Waals surface area contributed by atoms with Crippen LogP contribution >= 0.6 is 0 Å². The Morgan fingerprint density at radius 2 is 1.93 bits per heavy atom. The summed E-state index contributed by atoms with van der Waals surface area (Å²) in [5.74, 6) is -0.0729. The number of hydrogen-bond donors (Lipinski definition) is 0. The lowest BCUT2D eigenvalue weighted by Crippen LogP contribution is -2.34. The molecule has 0 saturated carbocycles. The van der Waals surface area contributed by atoms with Crippen LogP contribution in [0.4, 0.5) is 4.39 Å². The highest BCUT2D eigenvalue weighted by Crippen LogP contribution is 2.37. The van der Waals surface area contributed by atoms with E-state index in [-0.39, 0.29) is 4.90 Å². The Hall–Kier alpha value is -2.38. The molecule has 1 unspecified atom stereocenters. The first kappa shape index (κ1) is 19.0. The van der Waals surface area contributed by atoms with Crippen molar-refractivity contribution in [3.05, 3.63) is 59.5 Å². The fourth-order valence-electron chi connectivity index (χ4n) is 4.07. The molecule has 0 aliphatic heterocycles. The molecule has 0 saturated heterocycles. The van der Waals surface area contributed by atoms with Crippen molar-refractivity contribution in [2.24, 2.45) is 0 Å². The minimum absolute atomic E-state index is 0.305. The summed E-state index contributed by atoms with van der Waals surface area (Å²) in [4.78, 5) is 1.86. The molecular weight excluding hydrogens is 379 g/mol. The molecule has 0 N–H and O–H groups in total. The topological polar surface area (TPSA) is 51.5 Å². The monoisotopic (exact) mass is 402 g/mol. The van der Waals surface area contributed by atoms with Gasteiger partial charge in [-0.25, -0.2) is 16.8 Å². The molecule has 148 valence electrons. The van der Waals surface area contributed by atoms with Crippen molar-refractivity contribution in [3.8, 4) is 5.75 Å². The van der Waals surface area contributed by atoms with E-state index in [1.165, 1.54) is 22.2 Å². The number of hydrogen-bond acceptors (Lipinski definition) is 4. The molecule has 28 heavy (non-hydrogen) atoms. The van der Waals surface area contributed by atoms with Crippen LogP contribution in [0.3, 0.4) is 0 Å². The average molecular weight is 402 g/mol. The number of fused-ring (bicyclic) bond motifs is 3. The first-order valence-corrected chi connectivity index (χ1v) is 10.7. The highest BCUT2D eigenvalue weighted by atomic mass is 32.2. The van der Waals surface area contributed by atoms with Crippen LogP contribution in [0.2, 0.25) is 0 Å². The molecule has 2 aromatic carbocycles. The average Bonchev–Trinajstić information content (AvgIpc) is 3.01. The van der Waals surface area contributed by atoms with Crippen molar-refractivity contribution in [1.29, 1.82) is 0 Å². The van der Waals surface area contributed by atoms with Gasteiger partial charge in [0.25, 0.3) is 10.0 Å². The van der Waals surface area contributed by atoms with Gasteiger partial charge in [-0.05, 0) is 69.3 Å². The molecule has 1 aliphatic carbocycles. The predicted octanol–water partition coefficient (Wildman–Crippen LogP) is 3.44. The van der Waals surface area contributed by atoms with Crippen molar-refractivity contribution in [3.63, 3.8) is 0 Å². The van der Waals surface area contributed by atoms with Gasteiger partial charge < -0.3 is 9.64 Å². The zero-order valence-corrected chi connectivity index (χ0v) is 17.0. The van der Waals surface area contributed by atoms with Crippen molar-refractivity contribution < 1.29 is 17.5 Å². The Labute approximate surface area is 164 Å². The standard InChI is InChI=1S/C21H23FN2O3S/c1-23(2)14-8-10-19-16(12-14)17-13-15(27-3)9-11-20(17)24(19)28(25,26)21-7-5-4-6-18(21)22/h4-7,9,11,13-14H,8,10,12H2,1-3H3. The third-order valence-electron chi connectivity index (χ3n) is 5.58. The molecule has 1 heterocycles. The molecule has 1 aromatic heterocycles. The maximum absolute atomic E-state index is 14.4. The Bertz CT molecular complexity index is 1150. The van der Waals surface area contributed by atoms with E-state index in [9.17, 15) is 12.8 Å². The van der Waals surface area contributed by atoms with Gasteiger partial charge in [-0.15, -0.1) is 0 Å². The van der Waals surface area contributed by atoms with E-state index in [4.69, 9.17) is 4.74 Å². The van der Waals surface area contributed by atoms with Gasteiger partial charge in [-0.1, -0.05) is 12.1 Å². The van der Waals surface area contributed by atoms with Gasteiger partial charge in [-0.3, -0.25) is 0 Å². The highest BCUT2D eigenvalue weighted by Gasteiger charge is 2.32. The summed E-state index contributed by atoms with van der Waals surface area (Å²) in [5, 5.41) is 0.848. The lowest BCUT2D eigenvalue weighted by molar-refractivity contribution is 0.267. The van der Waals surface area contributed by atoms with Crippen molar-refractivity contribution in [2.75, 3.05) is 21.2 Å². The molecule has 0 amide bonds. The molecule has 3 aromatic rings. The van der Waals surface area contributed by atoms with Crippen molar-refractivity contribution >= 4 is 20.9 Å². The smallest absolute Gasteiger partial charge is 0.271 e. The van der Waals surface area contributed by atoms with Crippen LogP contribution in [-0.4, -0.2) is 44.5 Å². The van der Waals surface area contributed by atoms with Gasteiger partial charge in [0.15, 0.2) is 0 Å². The Kier molecular flexibility index (Phi) is 4.67. The van der Waals surface area contributed by atoms with Crippen LogP contribution in [0.5, 0.6) is 5.75 Å². The summed E-state index contributed by atoms with van der Waals surface area (Å²) in [5.41, 5.74) is 2.30. The summed E-state index contributed by atoms with van der Waals surface area (Å²) in [6.07, 6.45) is 2.20. The summed E-state index contributed by atoms with van der Waals surface area (Å²) in [6, 6.07) is 11.2. The van der Waals surface area contributed by atoms with Gasteiger partial charge in [0.05, 0.1) is 12.6 Å².